The van der Waals surface area contributed by atoms with Gasteiger partial charge in [-0.2, -0.15) is 0 Å². The summed E-state index contributed by atoms with van der Waals surface area (Å²) in [5, 5.41) is 0.584. The number of hydrogen-bond donors (Lipinski definition) is 1. The number of ether oxygens (including phenoxy) is 1. The van der Waals surface area contributed by atoms with Crippen LogP contribution in [0, 0.1) is 0 Å². The molecular formula is C15H14ClNO. The van der Waals surface area contributed by atoms with Gasteiger partial charge in [0, 0.05) is 0 Å². The maximum Gasteiger partial charge on any atom is 0.120 e. The van der Waals surface area contributed by atoms with E-state index in [1.807, 2.05) is 42.5 Å². The lowest BCUT2D eigenvalue weighted by Crippen LogP contribution is -1.95. The fraction of sp³-hybridized carbons (Fsp3) is 0.200. The third kappa shape index (κ3) is 2.44. The lowest BCUT2D eigenvalue weighted by Gasteiger charge is -2.08. The normalized spacial score (nSPS) is 14.5. The molecule has 0 aliphatic heterocycles. The Bertz CT molecular complexity index is 578. The Hall–Kier alpha value is -1.67. The van der Waals surface area contributed by atoms with Crippen LogP contribution in [0.4, 0.5) is 5.69 Å². The van der Waals surface area contributed by atoms with E-state index in [2.05, 4.69) is 0 Å². The summed E-state index contributed by atoms with van der Waals surface area (Å²) in [7, 11) is 0. The molecule has 0 saturated heterocycles. The van der Waals surface area contributed by atoms with Gasteiger partial charge in [-0.1, -0.05) is 29.8 Å². The standard InChI is InChI=1S/C15H14ClNO/c16-14-9-11(4-7-15(14)17)10-2-1-3-13(8-10)18-12-5-6-12/h1-4,7-9,12H,5-6,17H2. The largest absolute Gasteiger partial charge is 0.490 e. The Labute approximate surface area is 111 Å². The molecule has 3 heteroatoms. The lowest BCUT2D eigenvalue weighted by molar-refractivity contribution is 0.303. The van der Waals surface area contributed by atoms with Crippen LogP contribution < -0.4 is 10.5 Å². The van der Waals surface area contributed by atoms with E-state index in [1.165, 1.54) is 0 Å². The third-order valence-electron chi connectivity index (χ3n) is 2.99. The molecule has 1 aliphatic carbocycles. The van der Waals surface area contributed by atoms with Gasteiger partial charge in [0.1, 0.15) is 5.75 Å². The molecule has 2 nitrogen and oxygen atoms in total. The molecule has 92 valence electrons. The molecule has 1 aliphatic rings. The van der Waals surface area contributed by atoms with E-state index in [1.54, 1.807) is 0 Å². The van der Waals surface area contributed by atoms with Gasteiger partial charge >= 0.3 is 0 Å². The molecule has 0 heterocycles. The van der Waals surface area contributed by atoms with E-state index in [4.69, 9.17) is 22.1 Å². The topological polar surface area (TPSA) is 35.2 Å². The van der Waals surface area contributed by atoms with E-state index in [9.17, 15) is 0 Å². The van der Waals surface area contributed by atoms with Gasteiger partial charge in [0.15, 0.2) is 0 Å². The SMILES string of the molecule is Nc1ccc(-c2cccc(OC3CC3)c2)cc1Cl. The molecule has 0 radical (unpaired) electrons. The highest BCUT2D eigenvalue weighted by Gasteiger charge is 2.23. The average Bonchev–Trinajstić information content (AvgIpc) is 3.17. The molecule has 2 N–H and O–H groups in total. The highest BCUT2D eigenvalue weighted by atomic mass is 35.5. The van der Waals surface area contributed by atoms with Gasteiger partial charge in [-0.3, -0.25) is 0 Å². The fourth-order valence-corrected chi connectivity index (χ4v) is 2.01. The summed E-state index contributed by atoms with van der Waals surface area (Å²) in [6.45, 7) is 0. The number of anilines is 1. The van der Waals surface area contributed by atoms with Crippen molar-refractivity contribution in [3.05, 3.63) is 47.5 Å². The Morgan fingerprint density at radius 3 is 2.56 bits per heavy atom. The number of rotatable bonds is 3. The lowest BCUT2D eigenvalue weighted by atomic mass is 10.1. The minimum absolute atomic E-state index is 0.412. The van der Waals surface area contributed by atoms with Gasteiger partial charge in [0.25, 0.3) is 0 Å². The van der Waals surface area contributed by atoms with Crippen LogP contribution in [0.25, 0.3) is 11.1 Å². The van der Waals surface area contributed by atoms with Crippen LogP contribution in [-0.4, -0.2) is 6.10 Å². The molecule has 2 aromatic carbocycles. The van der Waals surface area contributed by atoms with Crippen molar-refractivity contribution in [2.24, 2.45) is 0 Å². The van der Waals surface area contributed by atoms with Crippen molar-refractivity contribution in [2.45, 2.75) is 18.9 Å². The summed E-state index contributed by atoms with van der Waals surface area (Å²) in [4.78, 5) is 0. The van der Waals surface area contributed by atoms with E-state index >= 15 is 0 Å². The number of nitrogens with two attached hydrogens (primary N) is 1. The molecule has 0 aromatic heterocycles. The smallest absolute Gasteiger partial charge is 0.120 e. The van der Waals surface area contributed by atoms with E-state index in [0.29, 0.717) is 16.8 Å². The molecule has 18 heavy (non-hydrogen) atoms. The average molecular weight is 260 g/mol. The van der Waals surface area contributed by atoms with E-state index in [0.717, 1.165) is 29.7 Å². The third-order valence-corrected chi connectivity index (χ3v) is 3.32. The van der Waals surface area contributed by atoms with Crippen molar-refractivity contribution in [3.8, 4) is 16.9 Å². The van der Waals surface area contributed by atoms with Gasteiger partial charge < -0.3 is 10.5 Å². The predicted octanol–water partition coefficient (Wildman–Crippen LogP) is 4.13. The maximum absolute atomic E-state index is 6.04. The highest BCUT2D eigenvalue weighted by molar-refractivity contribution is 6.33. The number of nitrogen functional groups attached to an aromatic ring is 1. The van der Waals surface area contributed by atoms with Crippen molar-refractivity contribution >= 4 is 17.3 Å². The summed E-state index contributed by atoms with van der Waals surface area (Å²) in [6, 6.07) is 13.7. The van der Waals surface area contributed by atoms with Crippen LogP contribution in [0.2, 0.25) is 5.02 Å². The van der Waals surface area contributed by atoms with Crippen molar-refractivity contribution in [2.75, 3.05) is 5.73 Å². The van der Waals surface area contributed by atoms with Crippen LogP contribution in [0.1, 0.15) is 12.8 Å². The highest BCUT2D eigenvalue weighted by Crippen LogP contribution is 2.31. The monoisotopic (exact) mass is 259 g/mol. The Balaban J connectivity index is 1.92. The van der Waals surface area contributed by atoms with Crippen LogP contribution in [0.3, 0.4) is 0 Å². The predicted molar refractivity (Wildman–Crippen MR) is 75.0 cm³/mol. The van der Waals surface area contributed by atoms with Crippen molar-refractivity contribution in [3.63, 3.8) is 0 Å². The Morgan fingerprint density at radius 2 is 1.83 bits per heavy atom. The maximum atomic E-state index is 6.04. The molecule has 0 spiro atoms. The minimum atomic E-state index is 0.412. The molecule has 3 rings (SSSR count). The molecule has 0 bridgehead atoms. The second-order valence-electron chi connectivity index (χ2n) is 4.58. The van der Waals surface area contributed by atoms with E-state index < -0.39 is 0 Å². The van der Waals surface area contributed by atoms with Crippen molar-refractivity contribution in [1.82, 2.24) is 0 Å². The quantitative estimate of drug-likeness (QED) is 0.841. The fourth-order valence-electron chi connectivity index (χ4n) is 1.83. The van der Waals surface area contributed by atoms with Gasteiger partial charge in [-0.15, -0.1) is 0 Å². The second-order valence-corrected chi connectivity index (χ2v) is 4.99. The molecule has 2 aromatic rings. The molecule has 0 unspecified atom stereocenters. The first-order chi connectivity index (χ1) is 8.72. The molecule has 1 fully saturated rings. The summed E-state index contributed by atoms with van der Waals surface area (Å²) >= 11 is 6.04. The zero-order valence-corrected chi connectivity index (χ0v) is 10.7. The van der Waals surface area contributed by atoms with Crippen molar-refractivity contribution in [1.29, 1.82) is 0 Å². The Kier molecular flexibility index (Phi) is 2.88. The van der Waals surface area contributed by atoms with E-state index in [-0.39, 0.29) is 0 Å². The van der Waals surface area contributed by atoms with Crippen LogP contribution in [0.5, 0.6) is 5.75 Å². The summed E-state index contributed by atoms with van der Waals surface area (Å²) in [5.74, 6) is 0.919. The van der Waals surface area contributed by atoms with Crippen molar-refractivity contribution < 1.29 is 4.74 Å². The minimum Gasteiger partial charge on any atom is -0.490 e. The van der Waals surface area contributed by atoms with Gasteiger partial charge in [-0.25, -0.2) is 0 Å². The number of benzene rings is 2. The number of hydrogen-bond acceptors (Lipinski definition) is 2. The number of halogens is 1. The summed E-state index contributed by atoms with van der Waals surface area (Å²) in [5.41, 5.74) is 8.46. The molecule has 0 amide bonds. The van der Waals surface area contributed by atoms with Crippen LogP contribution >= 0.6 is 11.6 Å². The van der Waals surface area contributed by atoms with Gasteiger partial charge in [-0.05, 0) is 48.2 Å². The van der Waals surface area contributed by atoms with Gasteiger partial charge in [0.2, 0.25) is 0 Å². The van der Waals surface area contributed by atoms with Crippen LogP contribution in [0.15, 0.2) is 42.5 Å². The first kappa shape index (κ1) is 11.4. The Morgan fingerprint density at radius 1 is 1.06 bits per heavy atom. The molecule has 0 atom stereocenters. The first-order valence-corrected chi connectivity index (χ1v) is 6.42. The van der Waals surface area contributed by atoms with Crippen LogP contribution in [-0.2, 0) is 0 Å². The molecular weight excluding hydrogens is 246 g/mol. The zero-order chi connectivity index (χ0) is 12.5. The first-order valence-electron chi connectivity index (χ1n) is 6.04. The zero-order valence-electron chi connectivity index (χ0n) is 9.90. The van der Waals surface area contributed by atoms with Gasteiger partial charge in [0.05, 0.1) is 16.8 Å². The molecule has 1 saturated carbocycles. The summed E-state index contributed by atoms with van der Waals surface area (Å²) < 4.78 is 5.78. The second kappa shape index (κ2) is 4.54. The summed E-state index contributed by atoms with van der Waals surface area (Å²) in [6.07, 6.45) is 2.74.